The summed E-state index contributed by atoms with van der Waals surface area (Å²) in [5.74, 6) is -0.259. The average Bonchev–Trinajstić information content (AvgIpc) is 2.23. The summed E-state index contributed by atoms with van der Waals surface area (Å²) in [6.07, 6.45) is 0.643. The number of benzene rings is 1. The van der Waals surface area contributed by atoms with E-state index < -0.39 is 17.0 Å². The fraction of sp³-hybridized carbons (Fsp3) is 0.417. The van der Waals surface area contributed by atoms with Crippen LogP contribution in [0.2, 0.25) is 0 Å². The fourth-order valence-electron chi connectivity index (χ4n) is 1.06. The molecular weight excluding hydrogens is 228 g/mol. The standard InChI is InChI=1S/C12H13F2NS/c1-12(2,8-15)5-6-16-11-7-9(13)3-4-10(11)14/h3-4,7H,5-6H2,1-2H3. The van der Waals surface area contributed by atoms with Gasteiger partial charge in [0.2, 0.25) is 0 Å². The van der Waals surface area contributed by atoms with E-state index in [9.17, 15) is 8.78 Å². The highest BCUT2D eigenvalue weighted by Crippen LogP contribution is 2.27. The van der Waals surface area contributed by atoms with Crippen molar-refractivity contribution in [1.29, 1.82) is 5.26 Å². The molecule has 0 heterocycles. The molecule has 1 aromatic carbocycles. The van der Waals surface area contributed by atoms with Crippen molar-refractivity contribution in [3.63, 3.8) is 0 Å². The molecule has 1 nitrogen and oxygen atoms in total. The van der Waals surface area contributed by atoms with E-state index >= 15 is 0 Å². The Morgan fingerprint density at radius 2 is 2.06 bits per heavy atom. The van der Waals surface area contributed by atoms with Crippen LogP contribution in [0.25, 0.3) is 0 Å². The molecule has 1 aromatic rings. The summed E-state index contributed by atoms with van der Waals surface area (Å²) in [7, 11) is 0. The summed E-state index contributed by atoms with van der Waals surface area (Å²) >= 11 is 1.24. The van der Waals surface area contributed by atoms with E-state index in [0.717, 1.165) is 12.1 Å². The number of rotatable bonds is 4. The molecule has 0 N–H and O–H groups in total. The minimum Gasteiger partial charge on any atom is -0.207 e. The third-order valence-corrected chi connectivity index (χ3v) is 3.21. The maximum atomic E-state index is 13.2. The van der Waals surface area contributed by atoms with Gasteiger partial charge in [-0.25, -0.2) is 8.78 Å². The minimum atomic E-state index is -0.441. The summed E-state index contributed by atoms with van der Waals surface area (Å²) in [6.45, 7) is 3.66. The van der Waals surface area contributed by atoms with Gasteiger partial charge in [-0.15, -0.1) is 11.8 Å². The Labute approximate surface area is 98.5 Å². The molecule has 86 valence electrons. The zero-order valence-corrected chi connectivity index (χ0v) is 10.1. The molecule has 1 rings (SSSR count). The Kier molecular flexibility index (Phi) is 4.31. The van der Waals surface area contributed by atoms with Crippen LogP contribution in [0.1, 0.15) is 20.3 Å². The number of thioether (sulfide) groups is 1. The van der Waals surface area contributed by atoms with E-state index in [1.54, 1.807) is 0 Å². The number of hydrogen-bond donors (Lipinski definition) is 0. The van der Waals surface area contributed by atoms with Gasteiger partial charge in [0, 0.05) is 4.90 Å². The highest BCUT2D eigenvalue weighted by atomic mass is 32.2. The van der Waals surface area contributed by atoms with Crippen LogP contribution in [0, 0.1) is 28.4 Å². The summed E-state index contributed by atoms with van der Waals surface area (Å²) in [5, 5.41) is 8.80. The molecule has 0 unspecified atom stereocenters. The second kappa shape index (κ2) is 5.31. The molecule has 0 amide bonds. The van der Waals surface area contributed by atoms with Gasteiger partial charge in [-0.05, 0) is 44.2 Å². The highest BCUT2D eigenvalue weighted by molar-refractivity contribution is 7.99. The van der Waals surface area contributed by atoms with Crippen LogP contribution >= 0.6 is 11.8 Å². The van der Waals surface area contributed by atoms with Gasteiger partial charge < -0.3 is 0 Å². The predicted molar refractivity (Wildman–Crippen MR) is 61.1 cm³/mol. The molecule has 0 saturated carbocycles. The molecule has 0 aliphatic heterocycles. The monoisotopic (exact) mass is 241 g/mol. The molecular formula is C12H13F2NS. The van der Waals surface area contributed by atoms with Crippen LogP contribution in [0.5, 0.6) is 0 Å². The van der Waals surface area contributed by atoms with Gasteiger partial charge in [-0.1, -0.05) is 0 Å². The van der Waals surface area contributed by atoms with Crippen molar-refractivity contribution >= 4 is 11.8 Å². The van der Waals surface area contributed by atoms with Crippen molar-refractivity contribution in [2.45, 2.75) is 25.2 Å². The maximum Gasteiger partial charge on any atom is 0.136 e. The largest absolute Gasteiger partial charge is 0.207 e. The van der Waals surface area contributed by atoms with Crippen molar-refractivity contribution in [3.8, 4) is 6.07 Å². The van der Waals surface area contributed by atoms with Gasteiger partial charge in [0.05, 0.1) is 11.5 Å². The van der Waals surface area contributed by atoms with Gasteiger partial charge in [-0.3, -0.25) is 0 Å². The van der Waals surface area contributed by atoms with Crippen LogP contribution in [0.15, 0.2) is 23.1 Å². The lowest BCUT2D eigenvalue weighted by molar-refractivity contribution is 0.481. The lowest BCUT2D eigenvalue weighted by atomic mass is 9.93. The van der Waals surface area contributed by atoms with Crippen molar-refractivity contribution < 1.29 is 8.78 Å². The Balaban J connectivity index is 2.56. The quantitative estimate of drug-likeness (QED) is 0.744. The molecule has 0 spiro atoms. The van der Waals surface area contributed by atoms with Gasteiger partial charge in [0.1, 0.15) is 11.6 Å². The Hall–Kier alpha value is -1.08. The summed E-state index contributed by atoms with van der Waals surface area (Å²) in [5.41, 5.74) is -0.420. The molecule has 4 heteroatoms. The SMILES string of the molecule is CC(C)(C#N)CCSc1cc(F)ccc1F. The zero-order valence-electron chi connectivity index (χ0n) is 9.26. The molecule has 0 aliphatic carbocycles. The molecule has 0 aliphatic rings. The topological polar surface area (TPSA) is 23.8 Å². The lowest BCUT2D eigenvalue weighted by Crippen LogP contribution is -2.08. The second-order valence-electron chi connectivity index (χ2n) is 4.17. The molecule has 0 radical (unpaired) electrons. The first-order chi connectivity index (χ1) is 7.44. The third kappa shape index (κ3) is 3.82. The molecule has 0 saturated heterocycles. The summed E-state index contributed by atoms with van der Waals surface area (Å²) < 4.78 is 26.1. The Morgan fingerprint density at radius 1 is 1.38 bits per heavy atom. The van der Waals surface area contributed by atoms with E-state index in [4.69, 9.17) is 5.26 Å². The zero-order chi connectivity index (χ0) is 12.2. The lowest BCUT2D eigenvalue weighted by Gasteiger charge is -2.14. The molecule has 0 fully saturated rings. The van der Waals surface area contributed by atoms with Gasteiger partial charge in [0.15, 0.2) is 0 Å². The number of hydrogen-bond acceptors (Lipinski definition) is 2. The van der Waals surface area contributed by atoms with Crippen LogP contribution in [0.3, 0.4) is 0 Å². The third-order valence-electron chi connectivity index (χ3n) is 2.18. The average molecular weight is 241 g/mol. The van der Waals surface area contributed by atoms with Gasteiger partial charge in [0.25, 0.3) is 0 Å². The van der Waals surface area contributed by atoms with E-state index in [1.165, 1.54) is 17.8 Å². The predicted octanol–water partition coefficient (Wildman–Crippen LogP) is 4.00. The smallest absolute Gasteiger partial charge is 0.136 e. The van der Waals surface area contributed by atoms with Gasteiger partial charge >= 0.3 is 0 Å². The highest BCUT2D eigenvalue weighted by Gasteiger charge is 2.16. The van der Waals surface area contributed by atoms with Crippen LogP contribution in [-0.4, -0.2) is 5.75 Å². The number of nitriles is 1. The van der Waals surface area contributed by atoms with Crippen molar-refractivity contribution in [3.05, 3.63) is 29.8 Å². The molecule has 0 atom stereocenters. The first-order valence-electron chi connectivity index (χ1n) is 4.94. The summed E-state index contributed by atoms with van der Waals surface area (Å²) in [6, 6.07) is 5.57. The van der Waals surface area contributed by atoms with Crippen LogP contribution in [-0.2, 0) is 0 Å². The van der Waals surface area contributed by atoms with Crippen LogP contribution < -0.4 is 0 Å². The maximum absolute atomic E-state index is 13.2. The van der Waals surface area contributed by atoms with Crippen LogP contribution in [0.4, 0.5) is 8.78 Å². The van der Waals surface area contributed by atoms with Crippen molar-refractivity contribution in [2.24, 2.45) is 5.41 Å². The second-order valence-corrected chi connectivity index (χ2v) is 5.31. The molecule has 0 bridgehead atoms. The van der Waals surface area contributed by atoms with Gasteiger partial charge in [-0.2, -0.15) is 5.26 Å². The molecule has 0 aromatic heterocycles. The summed E-state index contributed by atoms with van der Waals surface area (Å²) in [4.78, 5) is 0.300. The fourth-order valence-corrected chi connectivity index (χ4v) is 2.29. The number of halogens is 2. The Bertz CT molecular complexity index is 410. The Morgan fingerprint density at radius 3 is 2.69 bits per heavy atom. The van der Waals surface area contributed by atoms with Crippen molar-refractivity contribution in [1.82, 2.24) is 0 Å². The van der Waals surface area contributed by atoms with E-state index in [0.29, 0.717) is 17.1 Å². The normalized spacial score (nSPS) is 11.2. The molecule has 16 heavy (non-hydrogen) atoms. The first kappa shape index (κ1) is 13.0. The number of nitrogens with zero attached hydrogens (tertiary/aromatic N) is 1. The minimum absolute atomic E-state index is 0.300. The van der Waals surface area contributed by atoms with E-state index in [-0.39, 0.29) is 0 Å². The first-order valence-corrected chi connectivity index (χ1v) is 5.92. The van der Waals surface area contributed by atoms with E-state index in [1.807, 2.05) is 13.8 Å². The van der Waals surface area contributed by atoms with Crippen molar-refractivity contribution in [2.75, 3.05) is 5.75 Å². The van der Waals surface area contributed by atoms with E-state index in [2.05, 4.69) is 6.07 Å².